The van der Waals surface area contributed by atoms with E-state index in [0.717, 1.165) is 32.1 Å². The van der Waals surface area contributed by atoms with E-state index in [9.17, 15) is 14.9 Å². The number of benzene rings is 1. The van der Waals surface area contributed by atoms with Crippen molar-refractivity contribution >= 4 is 17.4 Å². The summed E-state index contributed by atoms with van der Waals surface area (Å²) in [4.78, 5) is 27.1. The molecule has 21 heavy (non-hydrogen) atoms. The van der Waals surface area contributed by atoms with Crippen molar-refractivity contribution in [1.82, 2.24) is 10.9 Å². The zero-order valence-corrected chi connectivity index (χ0v) is 11.5. The highest BCUT2D eigenvalue weighted by molar-refractivity contribution is 6.05. The van der Waals surface area contributed by atoms with Crippen LogP contribution >= 0.6 is 0 Å². The molecule has 110 valence electrons. The lowest BCUT2D eigenvalue weighted by molar-refractivity contribution is -0.384. The number of amidine groups is 1. The number of non-ortho nitro benzene ring substituents is 1. The molecule has 0 aromatic heterocycles. The second-order valence-corrected chi connectivity index (χ2v) is 5.44. The van der Waals surface area contributed by atoms with E-state index in [2.05, 4.69) is 15.8 Å². The van der Waals surface area contributed by atoms with Gasteiger partial charge in [0, 0.05) is 17.7 Å². The van der Waals surface area contributed by atoms with Crippen LogP contribution in [0.25, 0.3) is 0 Å². The fraction of sp³-hybridized carbons (Fsp3) is 0.429. The van der Waals surface area contributed by atoms with E-state index in [-0.39, 0.29) is 11.6 Å². The van der Waals surface area contributed by atoms with Gasteiger partial charge >= 0.3 is 0 Å². The summed E-state index contributed by atoms with van der Waals surface area (Å²) in [7, 11) is 0. The van der Waals surface area contributed by atoms with E-state index in [1.807, 2.05) is 0 Å². The Kier molecular flexibility index (Phi) is 3.32. The van der Waals surface area contributed by atoms with Crippen molar-refractivity contribution in [3.8, 4) is 0 Å². The van der Waals surface area contributed by atoms with Gasteiger partial charge in [0.15, 0.2) is 0 Å². The van der Waals surface area contributed by atoms with Crippen LogP contribution in [0.3, 0.4) is 0 Å². The Labute approximate surface area is 121 Å². The van der Waals surface area contributed by atoms with Gasteiger partial charge in [-0.2, -0.15) is 0 Å². The molecule has 0 saturated heterocycles. The standard InChI is InChI=1S/C14H16N4O3/c19-13-14(7-2-1-3-8-14)15-12(16-17-13)10-5-4-6-11(9-10)18(20)21/h4-6,9H,1-3,7-8H2,(H,15,16)(H,17,19). The highest BCUT2D eigenvalue weighted by Gasteiger charge is 2.42. The maximum absolute atomic E-state index is 12.1. The van der Waals surface area contributed by atoms with E-state index in [4.69, 9.17) is 0 Å². The predicted molar refractivity (Wildman–Crippen MR) is 76.7 cm³/mol. The quantitative estimate of drug-likeness (QED) is 0.639. The van der Waals surface area contributed by atoms with Gasteiger partial charge in [-0.15, -0.1) is 0 Å². The van der Waals surface area contributed by atoms with Gasteiger partial charge in [-0.05, 0) is 12.8 Å². The largest absolute Gasteiger partial charge is 0.282 e. The number of carbonyl (C=O) groups is 1. The Morgan fingerprint density at radius 1 is 1.19 bits per heavy atom. The number of aliphatic imine (C=N–C) groups is 1. The number of amides is 1. The summed E-state index contributed by atoms with van der Waals surface area (Å²) < 4.78 is 0. The Morgan fingerprint density at radius 2 is 1.95 bits per heavy atom. The third-order valence-electron chi connectivity index (χ3n) is 4.05. The van der Waals surface area contributed by atoms with Crippen molar-refractivity contribution in [2.75, 3.05) is 0 Å². The highest BCUT2D eigenvalue weighted by Crippen LogP contribution is 2.33. The van der Waals surface area contributed by atoms with Crippen LogP contribution in [-0.4, -0.2) is 22.2 Å². The van der Waals surface area contributed by atoms with Crippen molar-refractivity contribution in [2.24, 2.45) is 4.99 Å². The SMILES string of the molecule is O=C1NNC(c2cccc([N+](=O)[O-])c2)=NC12CCCCC2. The monoisotopic (exact) mass is 288 g/mol. The van der Waals surface area contributed by atoms with E-state index in [0.29, 0.717) is 11.4 Å². The van der Waals surface area contributed by atoms with Crippen molar-refractivity contribution in [3.05, 3.63) is 39.9 Å². The lowest BCUT2D eigenvalue weighted by Gasteiger charge is -2.36. The molecule has 0 radical (unpaired) electrons. The molecule has 1 aliphatic carbocycles. The van der Waals surface area contributed by atoms with Crippen LogP contribution in [0.1, 0.15) is 37.7 Å². The molecule has 1 heterocycles. The number of nitrogens with one attached hydrogen (secondary N) is 2. The summed E-state index contributed by atoms with van der Waals surface area (Å²) in [5, 5.41) is 10.9. The summed E-state index contributed by atoms with van der Waals surface area (Å²) >= 11 is 0. The number of hydrazine groups is 1. The normalized spacial score (nSPS) is 20.4. The van der Waals surface area contributed by atoms with E-state index < -0.39 is 10.5 Å². The van der Waals surface area contributed by atoms with E-state index in [1.165, 1.54) is 12.1 Å². The lowest BCUT2D eigenvalue weighted by Crippen LogP contribution is -2.58. The maximum atomic E-state index is 12.1. The highest BCUT2D eigenvalue weighted by atomic mass is 16.6. The summed E-state index contributed by atoms with van der Waals surface area (Å²) in [5.41, 5.74) is 5.29. The van der Waals surface area contributed by atoms with Crippen LogP contribution in [-0.2, 0) is 4.79 Å². The number of rotatable bonds is 2. The van der Waals surface area contributed by atoms with Crippen LogP contribution in [0.4, 0.5) is 5.69 Å². The van der Waals surface area contributed by atoms with Gasteiger partial charge in [0.05, 0.1) is 4.92 Å². The number of hydrogen-bond donors (Lipinski definition) is 2. The topological polar surface area (TPSA) is 96.6 Å². The van der Waals surface area contributed by atoms with Gasteiger partial charge in [0.25, 0.3) is 11.6 Å². The first kappa shape index (κ1) is 13.5. The fourth-order valence-electron chi connectivity index (χ4n) is 2.90. The molecule has 1 fully saturated rings. The molecule has 1 aliphatic heterocycles. The van der Waals surface area contributed by atoms with Crippen LogP contribution in [0, 0.1) is 10.1 Å². The third kappa shape index (κ3) is 2.46. The molecule has 1 aromatic rings. The molecule has 2 aliphatic rings. The summed E-state index contributed by atoms with van der Waals surface area (Å²) in [5.74, 6) is 0.372. The summed E-state index contributed by atoms with van der Waals surface area (Å²) in [6, 6.07) is 6.25. The van der Waals surface area contributed by atoms with Gasteiger partial charge < -0.3 is 0 Å². The summed E-state index contributed by atoms with van der Waals surface area (Å²) in [6.07, 6.45) is 4.50. The third-order valence-corrected chi connectivity index (χ3v) is 4.05. The Bertz CT molecular complexity index is 620. The first-order valence-electron chi connectivity index (χ1n) is 7.02. The molecular weight excluding hydrogens is 272 g/mol. The van der Waals surface area contributed by atoms with E-state index in [1.54, 1.807) is 12.1 Å². The lowest BCUT2D eigenvalue weighted by atomic mass is 9.81. The minimum atomic E-state index is -0.719. The number of nitro benzene ring substituents is 1. The smallest absolute Gasteiger partial charge is 0.270 e. The van der Waals surface area contributed by atoms with Crippen LogP contribution in [0.15, 0.2) is 29.3 Å². The maximum Gasteiger partial charge on any atom is 0.270 e. The number of hydrogen-bond acceptors (Lipinski definition) is 5. The van der Waals surface area contributed by atoms with Crippen molar-refractivity contribution in [2.45, 2.75) is 37.6 Å². The molecule has 1 spiro atoms. The molecule has 7 nitrogen and oxygen atoms in total. The second kappa shape index (κ2) is 5.16. The minimum absolute atomic E-state index is 0.00611. The van der Waals surface area contributed by atoms with Gasteiger partial charge in [-0.1, -0.05) is 31.4 Å². The van der Waals surface area contributed by atoms with Crippen LogP contribution in [0.2, 0.25) is 0 Å². The van der Waals surface area contributed by atoms with Crippen molar-refractivity contribution in [3.63, 3.8) is 0 Å². The van der Waals surface area contributed by atoms with Gasteiger partial charge in [0.2, 0.25) is 0 Å². The number of nitrogens with zero attached hydrogens (tertiary/aromatic N) is 2. The zero-order chi connectivity index (χ0) is 14.9. The zero-order valence-electron chi connectivity index (χ0n) is 11.5. The molecule has 0 bridgehead atoms. The van der Waals surface area contributed by atoms with Gasteiger partial charge in [0.1, 0.15) is 11.4 Å². The van der Waals surface area contributed by atoms with E-state index >= 15 is 0 Å². The summed E-state index contributed by atoms with van der Waals surface area (Å²) in [6.45, 7) is 0. The van der Waals surface area contributed by atoms with Crippen LogP contribution < -0.4 is 10.9 Å². The molecule has 1 aromatic carbocycles. The number of carbonyl (C=O) groups excluding carboxylic acids is 1. The van der Waals surface area contributed by atoms with Crippen LogP contribution in [0.5, 0.6) is 0 Å². The average molecular weight is 288 g/mol. The molecule has 1 amide bonds. The molecule has 0 unspecified atom stereocenters. The average Bonchev–Trinajstić information content (AvgIpc) is 2.51. The first-order valence-corrected chi connectivity index (χ1v) is 7.02. The molecule has 3 rings (SSSR count). The molecule has 2 N–H and O–H groups in total. The van der Waals surface area contributed by atoms with Gasteiger partial charge in [-0.25, -0.2) is 4.99 Å². The Balaban J connectivity index is 1.98. The number of nitro groups is 1. The fourth-order valence-corrected chi connectivity index (χ4v) is 2.90. The van der Waals surface area contributed by atoms with Gasteiger partial charge in [-0.3, -0.25) is 25.8 Å². The molecular formula is C14H16N4O3. The Morgan fingerprint density at radius 3 is 2.67 bits per heavy atom. The van der Waals surface area contributed by atoms with Crippen molar-refractivity contribution < 1.29 is 9.72 Å². The van der Waals surface area contributed by atoms with Crippen molar-refractivity contribution in [1.29, 1.82) is 0 Å². The molecule has 7 heteroatoms. The molecule has 0 atom stereocenters. The predicted octanol–water partition coefficient (Wildman–Crippen LogP) is 1.68. The minimum Gasteiger partial charge on any atom is -0.282 e. The second-order valence-electron chi connectivity index (χ2n) is 5.44. The first-order chi connectivity index (χ1) is 10.1. The molecule has 1 saturated carbocycles. The Hall–Kier alpha value is -2.44.